The van der Waals surface area contributed by atoms with E-state index in [4.69, 9.17) is 12.2 Å². The van der Waals surface area contributed by atoms with Crippen LogP contribution in [-0.2, 0) is 4.79 Å². The van der Waals surface area contributed by atoms with E-state index in [9.17, 15) is 20.0 Å². The highest BCUT2D eigenvalue weighted by Crippen LogP contribution is 2.33. The number of phenols is 1. The van der Waals surface area contributed by atoms with E-state index >= 15 is 0 Å². The van der Waals surface area contributed by atoms with Crippen molar-refractivity contribution in [3.63, 3.8) is 0 Å². The van der Waals surface area contributed by atoms with Gasteiger partial charge in [-0.25, -0.2) is 0 Å². The van der Waals surface area contributed by atoms with E-state index < -0.39 is 22.4 Å². The lowest BCUT2D eigenvalue weighted by molar-refractivity contribution is -0.385. The molecule has 29 heavy (non-hydrogen) atoms. The number of hydrogen-bond donors (Lipinski definition) is 4. The van der Waals surface area contributed by atoms with Crippen molar-refractivity contribution < 1.29 is 14.8 Å². The normalized spacial score (nSPS) is 16.1. The van der Waals surface area contributed by atoms with Gasteiger partial charge in [0.05, 0.1) is 16.5 Å². The first-order chi connectivity index (χ1) is 13.7. The van der Waals surface area contributed by atoms with Gasteiger partial charge in [-0.15, -0.1) is 0 Å². The first-order valence-corrected chi connectivity index (χ1v) is 9.22. The zero-order valence-electron chi connectivity index (χ0n) is 16.1. The van der Waals surface area contributed by atoms with Crippen molar-refractivity contribution in [1.29, 1.82) is 0 Å². The van der Waals surface area contributed by atoms with Crippen molar-refractivity contribution >= 4 is 34.6 Å². The molecule has 2 aromatic rings. The van der Waals surface area contributed by atoms with E-state index in [-0.39, 0.29) is 5.91 Å². The molecule has 0 radical (unpaired) electrons. The fourth-order valence-corrected chi connectivity index (χ4v) is 3.40. The molecule has 0 unspecified atom stereocenters. The second-order valence-corrected chi connectivity index (χ2v) is 7.24. The number of thiocarbonyl (C=S) groups is 1. The van der Waals surface area contributed by atoms with E-state index in [0.29, 0.717) is 27.6 Å². The molecule has 1 atom stereocenters. The van der Waals surface area contributed by atoms with Crippen molar-refractivity contribution in [1.82, 2.24) is 10.6 Å². The zero-order valence-corrected chi connectivity index (χ0v) is 16.9. The highest BCUT2D eigenvalue weighted by molar-refractivity contribution is 7.80. The third-order valence-corrected chi connectivity index (χ3v) is 5.03. The van der Waals surface area contributed by atoms with Crippen molar-refractivity contribution in [3.05, 3.63) is 74.5 Å². The molecule has 2 aromatic carbocycles. The van der Waals surface area contributed by atoms with Crippen molar-refractivity contribution in [3.8, 4) is 5.75 Å². The van der Waals surface area contributed by atoms with Crippen molar-refractivity contribution in [2.45, 2.75) is 26.8 Å². The largest absolute Gasteiger partial charge is 0.502 e. The summed E-state index contributed by atoms with van der Waals surface area (Å²) >= 11 is 5.20. The molecular weight excluding hydrogens is 392 g/mol. The van der Waals surface area contributed by atoms with Crippen molar-refractivity contribution in [2.75, 3.05) is 5.32 Å². The summed E-state index contributed by atoms with van der Waals surface area (Å²) in [6, 6.07) is 8.87. The predicted octanol–water partition coefficient (Wildman–Crippen LogP) is 3.35. The Morgan fingerprint density at radius 1 is 1.17 bits per heavy atom. The second kappa shape index (κ2) is 7.88. The molecule has 150 valence electrons. The second-order valence-electron chi connectivity index (χ2n) is 6.83. The lowest BCUT2D eigenvalue weighted by Crippen LogP contribution is -2.45. The van der Waals surface area contributed by atoms with Gasteiger partial charge < -0.3 is 21.1 Å². The highest BCUT2D eigenvalue weighted by atomic mass is 32.1. The number of phenolic OH excluding ortho intramolecular Hbond substituents is 1. The molecule has 1 heterocycles. The zero-order chi connectivity index (χ0) is 21.3. The Kier molecular flexibility index (Phi) is 5.51. The van der Waals surface area contributed by atoms with Crippen LogP contribution in [0.1, 0.15) is 29.7 Å². The van der Waals surface area contributed by atoms with Gasteiger partial charge >= 0.3 is 5.69 Å². The van der Waals surface area contributed by atoms with Gasteiger partial charge in [0.1, 0.15) is 0 Å². The molecule has 0 aliphatic carbocycles. The molecule has 0 spiro atoms. The Hall–Kier alpha value is -3.46. The summed E-state index contributed by atoms with van der Waals surface area (Å²) < 4.78 is 0. The van der Waals surface area contributed by atoms with Gasteiger partial charge in [0.15, 0.2) is 10.9 Å². The molecule has 0 aromatic heterocycles. The Morgan fingerprint density at radius 3 is 2.55 bits per heavy atom. The van der Waals surface area contributed by atoms with E-state index in [1.807, 2.05) is 32.0 Å². The van der Waals surface area contributed by atoms with Crippen LogP contribution in [0, 0.1) is 24.0 Å². The molecule has 0 bridgehead atoms. The average molecular weight is 412 g/mol. The van der Waals surface area contributed by atoms with Crippen LogP contribution < -0.4 is 16.0 Å². The third kappa shape index (κ3) is 4.19. The molecule has 0 saturated carbocycles. The van der Waals surface area contributed by atoms with Crippen molar-refractivity contribution in [2.24, 2.45) is 0 Å². The maximum absolute atomic E-state index is 13.1. The number of benzene rings is 2. The van der Waals surface area contributed by atoms with Crippen LogP contribution in [0.4, 0.5) is 11.4 Å². The Balaban J connectivity index is 2.00. The minimum absolute atomic E-state index is 0.297. The molecule has 9 heteroatoms. The minimum Gasteiger partial charge on any atom is -0.502 e. The first-order valence-electron chi connectivity index (χ1n) is 8.81. The molecule has 0 fully saturated rings. The lowest BCUT2D eigenvalue weighted by Gasteiger charge is -2.30. The smallest absolute Gasteiger partial charge is 0.311 e. The van der Waals surface area contributed by atoms with Crippen LogP contribution in [0.25, 0.3) is 0 Å². The molecule has 4 N–H and O–H groups in total. The fourth-order valence-electron chi connectivity index (χ4n) is 3.13. The summed E-state index contributed by atoms with van der Waals surface area (Å²) in [6.07, 6.45) is 0. The maximum Gasteiger partial charge on any atom is 0.311 e. The van der Waals surface area contributed by atoms with Gasteiger partial charge in [-0.1, -0.05) is 12.1 Å². The van der Waals surface area contributed by atoms with Gasteiger partial charge in [-0.2, -0.15) is 0 Å². The third-order valence-electron chi connectivity index (χ3n) is 4.81. The van der Waals surface area contributed by atoms with Crippen LogP contribution in [0.2, 0.25) is 0 Å². The fraction of sp³-hybridized carbons (Fsp3) is 0.200. The number of nitro benzene ring substituents is 1. The Bertz CT molecular complexity index is 1060. The molecule has 1 aliphatic heterocycles. The summed E-state index contributed by atoms with van der Waals surface area (Å²) in [6.45, 7) is 5.65. The Morgan fingerprint density at radius 2 is 1.90 bits per heavy atom. The number of amides is 1. The number of nitrogens with one attached hydrogen (secondary N) is 3. The monoisotopic (exact) mass is 412 g/mol. The molecule has 1 amide bonds. The number of carbonyl (C=O) groups excluding carboxylic acids is 1. The average Bonchev–Trinajstić information content (AvgIpc) is 2.64. The molecule has 8 nitrogen and oxygen atoms in total. The number of nitrogens with zero attached hydrogens (tertiary/aromatic N) is 1. The van der Waals surface area contributed by atoms with E-state index in [0.717, 1.165) is 11.1 Å². The van der Waals surface area contributed by atoms with Crippen LogP contribution in [0.5, 0.6) is 5.75 Å². The van der Waals surface area contributed by atoms with Gasteiger partial charge in [-0.3, -0.25) is 14.9 Å². The number of aryl methyl sites for hydroxylation is 2. The Labute approximate surface area is 172 Å². The summed E-state index contributed by atoms with van der Waals surface area (Å²) in [5.41, 5.74) is 3.66. The van der Waals surface area contributed by atoms with Gasteiger partial charge in [0.2, 0.25) is 0 Å². The van der Waals surface area contributed by atoms with Gasteiger partial charge in [-0.05, 0) is 67.9 Å². The minimum atomic E-state index is -0.713. The lowest BCUT2D eigenvalue weighted by atomic mass is 9.94. The molecule has 1 aliphatic rings. The predicted molar refractivity (Wildman–Crippen MR) is 114 cm³/mol. The summed E-state index contributed by atoms with van der Waals surface area (Å²) in [5, 5.41) is 30.0. The van der Waals surface area contributed by atoms with E-state index in [1.165, 1.54) is 18.2 Å². The van der Waals surface area contributed by atoms with Crippen LogP contribution >= 0.6 is 12.2 Å². The van der Waals surface area contributed by atoms with E-state index in [2.05, 4.69) is 16.0 Å². The highest BCUT2D eigenvalue weighted by Gasteiger charge is 2.31. The molecule has 0 saturated heterocycles. The van der Waals surface area contributed by atoms with E-state index in [1.54, 1.807) is 6.92 Å². The standard InChI is InChI=1S/C20H20N4O4S/c1-10-4-6-14(8-11(10)2)22-19(26)17-12(3)21-20(29)23-18(17)13-5-7-16(25)15(9-13)24(27)28/h4-9,18,25H,1-3H3,(H,22,26)(H2,21,23,29)/t18-/m0/s1. The summed E-state index contributed by atoms with van der Waals surface area (Å²) in [5.74, 6) is -0.814. The van der Waals surface area contributed by atoms with Crippen LogP contribution in [0.15, 0.2) is 47.7 Å². The number of anilines is 1. The number of hydrogen-bond acceptors (Lipinski definition) is 5. The number of allylic oxidation sites excluding steroid dienone is 1. The van der Waals surface area contributed by atoms with Gasteiger partial charge in [0.25, 0.3) is 5.91 Å². The van der Waals surface area contributed by atoms with Crippen LogP contribution in [-0.4, -0.2) is 21.0 Å². The topological polar surface area (TPSA) is 117 Å². The van der Waals surface area contributed by atoms with Crippen LogP contribution in [0.3, 0.4) is 0 Å². The quantitative estimate of drug-likeness (QED) is 0.346. The number of rotatable bonds is 4. The summed E-state index contributed by atoms with van der Waals surface area (Å²) in [4.78, 5) is 23.6. The summed E-state index contributed by atoms with van der Waals surface area (Å²) in [7, 11) is 0. The first kappa shape index (κ1) is 20.3. The SMILES string of the molecule is CC1=C(C(=O)Nc2ccc(C)c(C)c2)[C@H](c2ccc(O)c([N+](=O)[O-])c2)NC(=S)N1. The number of aromatic hydroxyl groups is 1. The maximum atomic E-state index is 13.1. The number of nitro groups is 1. The van der Waals surface area contributed by atoms with Gasteiger partial charge in [0, 0.05) is 17.5 Å². The molecular formula is C20H20N4O4S. The number of carbonyl (C=O) groups is 1. The molecule has 3 rings (SSSR count).